The summed E-state index contributed by atoms with van der Waals surface area (Å²) in [6.45, 7) is 1.31. The van der Waals surface area contributed by atoms with E-state index >= 15 is 0 Å². The first-order valence-electron chi connectivity index (χ1n) is 3.64. The molecule has 3 nitrogen and oxygen atoms in total. The minimum atomic E-state index is -0.191. The lowest BCUT2D eigenvalue weighted by molar-refractivity contribution is -0.204. The van der Waals surface area contributed by atoms with Crippen molar-refractivity contribution < 1.29 is 9.47 Å². The third-order valence-corrected chi connectivity index (χ3v) is 2.15. The van der Waals surface area contributed by atoms with Crippen molar-refractivity contribution in [3.63, 3.8) is 0 Å². The van der Waals surface area contributed by atoms with Gasteiger partial charge in [-0.3, -0.25) is 0 Å². The second-order valence-electron chi connectivity index (χ2n) is 2.78. The predicted octanol–water partition coefficient (Wildman–Crippen LogP) is 0.887. The fourth-order valence-electron chi connectivity index (χ4n) is 1.28. The lowest BCUT2D eigenvalue weighted by Crippen LogP contribution is -2.48. The van der Waals surface area contributed by atoms with Crippen LogP contribution in [0.3, 0.4) is 0 Å². The van der Waals surface area contributed by atoms with Crippen LogP contribution in [0.1, 0.15) is 5.69 Å². The van der Waals surface area contributed by atoms with Crippen molar-refractivity contribution in [1.82, 2.24) is 4.98 Å². The Balaban J connectivity index is 2.25. The van der Waals surface area contributed by atoms with E-state index in [2.05, 4.69) is 4.98 Å². The zero-order chi connectivity index (χ0) is 7.73. The monoisotopic (exact) mass is 153 g/mol. The van der Waals surface area contributed by atoms with Gasteiger partial charge in [0, 0.05) is 13.3 Å². The first kappa shape index (κ1) is 6.88. The Bertz CT molecular complexity index is 221. The third kappa shape index (κ3) is 0.886. The largest absolute Gasteiger partial charge is 0.374 e. The Morgan fingerprint density at radius 2 is 2.45 bits per heavy atom. The zero-order valence-electron chi connectivity index (χ0n) is 6.46. The molecular formula is C8H11NO2. The minimum Gasteiger partial charge on any atom is -0.374 e. The SMILES string of the molecule is COC1(c2ccc[nH]2)COC1. The van der Waals surface area contributed by atoms with Crippen LogP contribution >= 0.6 is 0 Å². The van der Waals surface area contributed by atoms with E-state index in [9.17, 15) is 0 Å². The van der Waals surface area contributed by atoms with E-state index < -0.39 is 0 Å². The molecule has 3 heteroatoms. The molecule has 0 spiro atoms. The molecule has 1 aromatic heterocycles. The molecule has 11 heavy (non-hydrogen) atoms. The Morgan fingerprint density at radius 3 is 2.82 bits per heavy atom. The van der Waals surface area contributed by atoms with Crippen LogP contribution in [0, 0.1) is 0 Å². The van der Waals surface area contributed by atoms with Gasteiger partial charge in [-0.25, -0.2) is 0 Å². The highest BCUT2D eigenvalue weighted by molar-refractivity contribution is 5.16. The molecule has 0 aliphatic carbocycles. The molecule has 2 rings (SSSR count). The molecule has 1 N–H and O–H groups in total. The number of H-pyrrole nitrogens is 1. The van der Waals surface area contributed by atoms with Crippen LogP contribution in [0.5, 0.6) is 0 Å². The van der Waals surface area contributed by atoms with Crippen molar-refractivity contribution in [3.8, 4) is 0 Å². The Hall–Kier alpha value is -0.800. The van der Waals surface area contributed by atoms with E-state index in [0.717, 1.165) is 5.69 Å². The first-order chi connectivity index (χ1) is 5.37. The highest BCUT2D eigenvalue weighted by atomic mass is 16.6. The maximum Gasteiger partial charge on any atom is 0.154 e. The summed E-state index contributed by atoms with van der Waals surface area (Å²) in [5.41, 5.74) is 0.912. The zero-order valence-corrected chi connectivity index (χ0v) is 6.46. The van der Waals surface area contributed by atoms with E-state index in [4.69, 9.17) is 9.47 Å². The summed E-state index contributed by atoms with van der Waals surface area (Å²) >= 11 is 0. The topological polar surface area (TPSA) is 34.2 Å². The Kier molecular flexibility index (Phi) is 1.47. The van der Waals surface area contributed by atoms with Gasteiger partial charge in [-0.1, -0.05) is 0 Å². The van der Waals surface area contributed by atoms with Crippen molar-refractivity contribution in [2.24, 2.45) is 0 Å². The molecule has 1 aromatic rings. The molecule has 2 heterocycles. The molecule has 0 radical (unpaired) electrons. The Morgan fingerprint density at radius 1 is 1.64 bits per heavy atom. The van der Waals surface area contributed by atoms with E-state index in [-0.39, 0.29) is 5.60 Å². The van der Waals surface area contributed by atoms with Gasteiger partial charge in [0.25, 0.3) is 0 Å². The van der Waals surface area contributed by atoms with Crippen molar-refractivity contribution in [1.29, 1.82) is 0 Å². The molecule has 1 saturated heterocycles. The first-order valence-corrected chi connectivity index (χ1v) is 3.64. The lowest BCUT2D eigenvalue weighted by Gasteiger charge is -2.39. The summed E-state index contributed by atoms with van der Waals surface area (Å²) in [6.07, 6.45) is 1.90. The number of nitrogens with one attached hydrogen (secondary N) is 1. The van der Waals surface area contributed by atoms with Crippen LogP contribution in [0.4, 0.5) is 0 Å². The second kappa shape index (κ2) is 2.36. The van der Waals surface area contributed by atoms with Crippen LogP contribution < -0.4 is 0 Å². The second-order valence-corrected chi connectivity index (χ2v) is 2.78. The van der Waals surface area contributed by atoms with E-state index in [0.29, 0.717) is 13.2 Å². The van der Waals surface area contributed by atoms with Crippen LogP contribution in [-0.2, 0) is 15.1 Å². The van der Waals surface area contributed by atoms with Crippen LogP contribution in [0.2, 0.25) is 0 Å². The quantitative estimate of drug-likeness (QED) is 0.684. The van der Waals surface area contributed by atoms with Gasteiger partial charge in [-0.15, -0.1) is 0 Å². The van der Waals surface area contributed by atoms with Crippen molar-refractivity contribution in [2.75, 3.05) is 20.3 Å². The summed E-state index contributed by atoms with van der Waals surface area (Å²) in [6, 6.07) is 3.99. The van der Waals surface area contributed by atoms with Gasteiger partial charge in [0.2, 0.25) is 0 Å². The molecule has 0 unspecified atom stereocenters. The van der Waals surface area contributed by atoms with Gasteiger partial charge >= 0.3 is 0 Å². The predicted molar refractivity (Wildman–Crippen MR) is 40.3 cm³/mol. The molecular weight excluding hydrogens is 142 g/mol. The number of rotatable bonds is 2. The molecule has 1 fully saturated rings. The molecule has 0 atom stereocenters. The molecule has 60 valence electrons. The normalized spacial score (nSPS) is 21.2. The third-order valence-electron chi connectivity index (χ3n) is 2.15. The van der Waals surface area contributed by atoms with Gasteiger partial charge in [-0.2, -0.15) is 0 Å². The maximum absolute atomic E-state index is 5.36. The highest BCUT2D eigenvalue weighted by Crippen LogP contribution is 2.31. The average molecular weight is 153 g/mol. The summed E-state index contributed by atoms with van der Waals surface area (Å²) in [5, 5.41) is 0. The summed E-state index contributed by atoms with van der Waals surface area (Å²) in [5.74, 6) is 0. The number of hydrogen-bond acceptors (Lipinski definition) is 2. The smallest absolute Gasteiger partial charge is 0.154 e. The molecule has 0 amide bonds. The fourth-order valence-corrected chi connectivity index (χ4v) is 1.28. The summed E-state index contributed by atoms with van der Waals surface area (Å²) in [4.78, 5) is 3.13. The average Bonchev–Trinajstić information content (AvgIpc) is 2.39. The van der Waals surface area contributed by atoms with E-state index in [1.165, 1.54) is 0 Å². The maximum atomic E-state index is 5.36. The van der Waals surface area contributed by atoms with Crippen LogP contribution in [-0.4, -0.2) is 25.3 Å². The number of methoxy groups -OCH3 is 1. The van der Waals surface area contributed by atoms with E-state index in [1.54, 1.807) is 7.11 Å². The van der Waals surface area contributed by atoms with Gasteiger partial charge in [0.15, 0.2) is 5.60 Å². The number of aromatic nitrogens is 1. The number of aromatic amines is 1. The van der Waals surface area contributed by atoms with Crippen molar-refractivity contribution in [3.05, 3.63) is 24.0 Å². The van der Waals surface area contributed by atoms with Gasteiger partial charge < -0.3 is 14.5 Å². The van der Waals surface area contributed by atoms with Crippen molar-refractivity contribution >= 4 is 0 Å². The molecule has 0 aromatic carbocycles. The minimum absolute atomic E-state index is 0.191. The number of ether oxygens (including phenoxy) is 2. The fraction of sp³-hybridized carbons (Fsp3) is 0.500. The highest BCUT2D eigenvalue weighted by Gasteiger charge is 2.41. The standard InChI is InChI=1S/C8H11NO2/c1-10-8(5-11-6-8)7-3-2-4-9-7/h2-4,9H,5-6H2,1H3. The van der Waals surface area contributed by atoms with E-state index in [1.807, 2.05) is 18.3 Å². The number of hydrogen-bond donors (Lipinski definition) is 1. The molecule has 1 aliphatic rings. The van der Waals surface area contributed by atoms with Crippen LogP contribution in [0.25, 0.3) is 0 Å². The summed E-state index contributed by atoms with van der Waals surface area (Å²) in [7, 11) is 1.71. The van der Waals surface area contributed by atoms with Gasteiger partial charge in [0.1, 0.15) is 0 Å². The van der Waals surface area contributed by atoms with Crippen molar-refractivity contribution in [2.45, 2.75) is 5.60 Å². The van der Waals surface area contributed by atoms with Gasteiger partial charge in [0.05, 0.1) is 18.9 Å². The molecule has 1 aliphatic heterocycles. The molecule has 0 bridgehead atoms. The summed E-state index contributed by atoms with van der Waals surface area (Å²) < 4.78 is 10.5. The van der Waals surface area contributed by atoms with Gasteiger partial charge in [-0.05, 0) is 12.1 Å². The van der Waals surface area contributed by atoms with Crippen LogP contribution in [0.15, 0.2) is 18.3 Å². The lowest BCUT2D eigenvalue weighted by atomic mass is 9.98. The Labute approximate surface area is 65.3 Å². The molecule has 0 saturated carbocycles.